The summed E-state index contributed by atoms with van der Waals surface area (Å²) in [6.07, 6.45) is 1.44. The molecule has 0 saturated heterocycles. The summed E-state index contributed by atoms with van der Waals surface area (Å²) in [6.45, 7) is 0. The summed E-state index contributed by atoms with van der Waals surface area (Å²) in [5.41, 5.74) is 1.09. The Hall–Kier alpha value is -2.05. The molecule has 0 aliphatic heterocycles. The summed E-state index contributed by atoms with van der Waals surface area (Å²) >= 11 is 5.29. The largest absolute Gasteiger partial charge is 0.504 e. The van der Waals surface area contributed by atoms with E-state index in [1.165, 1.54) is 13.2 Å². The summed E-state index contributed by atoms with van der Waals surface area (Å²) in [5.74, 6) is -0.227. The smallest absolute Gasteiger partial charge is 0.266 e. The van der Waals surface area contributed by atoms with Crippen molar-refractivity contribution in [3.63, 3.8) is 0 Å². The topological polar surface area (TPSA) is 82.3 Å². The maximum Gasteiger partial charge on any atom is 0.266 e. The lowest BCUT2D eigenvalue weighted by molar-refractivity contribution is -0.112. The molecule has 0 atom stereocenters. The number of phenolic OH excluding ortho intramolecular Hbond substituents is 1. The molecule has 0 aromatic heterocycles. The first kappa shape index (κ1) is 18.3. The molecule has 0 heterocycles. The van der Waals surface area contributed by atoms with Crippen LogP contribution in [-0.4, -0.2) is 18.1 Å². The Balaban J connectivity index is 2.33. The third-order valence-corrected chi connectivity index (χ3v) is 4.58. The first-order valence-corrected chi connectivity index (χ1v) is 8.57. The van der Waals surface area contributed by atoms with Gasteiger partial charge in [0.15, 0.2) is 11.5 Å². The molecule has 0 saturated carbocycles. The predicted octanol–water partition coefficient (Wildman–Crippen LogP) is 4.31. The molecule has 0 spiro atoms. The molecule has 5 nitrogen and oxygen atoms in total. The molecule has 2 aromatic carbocycles. The van der Waals surface area contributed by atoms with Gasteiger partial charge in [-0.05, 0) is 74.4 Å². The van der Waals surface area contributed by atoms with Crippen LogP contribution in [0, 0.1) is 14.9 Å². The van der Waals surface area contributed by atoms with Crippen molar-refractivity contribution in [1.29, 1.82) is 5.26 Å². The van der Waals surface area contributed by atoms with E-state index >= 15 is 0 Å². The van der Waals surface area contributed by atoms with E-state index in [0.29, 0.717) is 14.8 Å². The number of amides is 1. The Morgan fingerprint density at radius 1 is 1.42 bits per heavy atom. The third kappa shape index (κ3) is 4.27. The van der Waals surface area contributed by atoms with Crippen LogP contribution < -0.4 is 10.1 Å². The Bertz CT molecular complexity index is 859. The number of phenols is 1. The van der Waals surface area contributed by atoms with E-state index in [9.17, 15) is 15.2 Å². The Morgan fingerprint density at radius 3 is 2.75 bits per heavy atom. The van der Waals surface area contributed by atoms with Crippen LogP contribution in [0.3, 0.4) is 0 Å². The molecule has 24 heavy (non-hydrogen) atoms. The molecule has 0 fully saturated rings. The number of halogens is 2. The Labute approximate surface area is 161 Å². The van der Waals surface area contributed by atoms with Gasteiger partial charge in [-0.25, -0.2) is 0 Å². The van der Waals surface area contributed by atoms with Crippen molar-refractivity contribution in [3.8, 4) is 17.6 Å². The summed E-state index contributed by atoms with van der Waals surface area (Å²) in [4.78, 5) is 12.3. The number of hydrogen-bond donors (Lipinski definition) is 2. The van der Waals surface area contributed by atoms with Crippen LogP contribution in [0.25, 0.3) is 6.08 Å². The number of carbonyl (C=O) groups is 1. The number of hydrogen-bond acceptors (Lipinski definition) is 4. The third-order valence-electron chi connectivity index (χ3n) is 3.07. The second-order valence-corrected chi connectivity index (χ2v) is 6.67. The van der Waals surface area contributed by atoms with Gasteiger partial charge in [0.25, 0.3) is 5.91 Å². The minimum atomic E-state index is -0.522. The summed E-state index contributed by atoms with van der Waals surface area (Å²) in [7, 11) is 1.43. The van der Waals surface area contributed by atoms with Gasteiger partial charge in [-0.3, -0.25) is 4.79 Å². The molecule has 2 rings (SSSR count). The molecule has 0 unspecified atom stereocenters. The second kappa shape index (κ2) is 8.17. The van der Waals surface area contributed by atoms with E-state index in [-0.39, 0.29) is 17.1 Å². The minimum absolute atomic E-state index is 0.0198. The number of anilines is 1. The Kier molecular flexibility index (Phi) is 6.23. The standard InChI is InChI=1S/C17H12BrIN2O3/c1-24-15-8-10(7-13(19)16(15)22)6-11(9-20)17(23)21-14-5-3-2-4-12(14)18/h2-8,22H,1H3,(H,21,23)/b11-6+. The predicted molar refractivity (Wildman–Crippen MR) is 104 cm³/mol. The first-order chi connectivity index (χ1) is 11.5. The van der Waals surface area contributed by atoms with Crippen LogP contribution in [0.2, 0.25) is 0 Å². The number of methoxy groups -OCH3 is 1. The van der Waals surface area contributed by atoms with Crippen molar-refractivity contribution < 1.29 is 14.6 Å². The fraction of sp³-hybridized carbons (Fsp3) is 0.0588. The SMILES string of the molecule is COc1cc(/C=C(\C#N)C(=O)Nc2ccccc2Br)cc(I)c1O. The van der Waals surface area contributed by atoms with Crippen molar-refractivity contribution in [3.05, 3.63) is 55.6 Å². The van der Waals surface area contributed by atoms with Gasteiger partial charge >= 0.3 is 0 Å². The van der Waals surface area contributed by atoms with Crippen molar-refractivity contribution in [1.82, 2.24) is 0 Å². The van der Waals surface area contributed by atoms with E-state index in [0.717, 1.165) is 4.47 Å². The lowest BCUT2D eigenvalue weighted by Crippen LogP contribution is -2.13. The van der Waals surface area contributed by atoms with Crippen LogP contribution in [0.5, 0.6) is 11.5 Å². The number of nitrogens with one attached hydrogen (secondary N) is 1. The molecule has 2 aromatic rings. The van der Waals surface area contributed by atoms with E-state index < -0.39 is 5.91 Å². The van der Waals surface area contributed by atoms with Gasteiger partial charge in [0, 0.05) is 4.47 Å². The number of rotatable bonds is 4. The molecule has 0 aliphatic rings. The highest BCUT2D eigenvalue weighted by atomic mass is 127. The van der Waals surface area contributed by atoms with Crippen LogP contribution in [0.4, 0.5) is 5.69 Å². The van der Waals surface area contributed by atoms with Crippen molar-refractivity contribution in [2.24, 2.45) is 0 Å². The normalized spacial score (nSPS) is 10.8. The number of nitriles is 1. The Morgan fingerprint density at radius 2 is 2.12 bits per heavy atom. The molecule has 1 amide bonds. The number of aromatic hydroxyl groups is 1. The summed E-state index contributed by atoms with van der Waals surface area (Å²) < 4.78 is 6.36. The highest BCUT2D eigenvalue weighted by molar-refractivity contribution is 14.1. The molecule has 122 valence electrons. The lowest BCUT2D eigenvalue weighted by atomic mass is 10.1. The van der Waals surface area contributed by atoms with E-state index in [1.54, 1.807) is 30.3 Å². The van der Waals surface area contributed by atoms with E-state index in [2.05, 4.69) is 21.2 Å². The van der Waals surface area contributed by atoms with Gasteiger partial charge in [0.1, 0.15) is 11.6 Å². The number of para-hydroxylation sites is 1. The van der Waals surface area contributed by atoms with Crippen LogP contribution >= 0.6 is 38.5 Å². The van der Waals surface area contributed by atoms with E-state index in [1.807, 2.05) is 34.7 Å². The van der Waals surface area contributed by atoms with Gasteiger partial charge in [-0.2, -0.15) is 5.26 Å². The maximum absolute atomic E-state index is 12.3. The average Bonchev–Trinajstić information content (AvgIpc) is 2.57. The zero-order valence-electron chi connectivity index (χ0n) is 12.5. The highest BCUT2D eigenvalue weighted by Crippen LogP contribution is 2.33. The summed E-state index contributed by atoms with van der Waals surface area (Å²) in [5, 5.41) is 21.8. The molecule has 7 heteroatoms. The number of ether oxygens (including phenoxy) is 1. The zero-order chi connectivity index (χ0) is 17.7. The first-order valence-electron chi connectivity index (χ1n) is 6.70. The zero-order valence-corrected chi connectivity index (χ0v) is 16.3. The van der Waals surface area contributed by atoms with Gasteiger partial charge in [0.05, 0.1) is 16.4 Å². The number of benzene rings is 2. The highest BCUT2D eigenvalue weighted by Gasteiger charge is 2.13. The van der Waals surface area contributed by atoms with Crippen LogP contribution in [0.1, 0.15) is 5.56 Å². The van der Waals surface area contributed by atoms with Crippen molar-refractivity contribution >= 4 is 56.2 Å². The average molecular weight is 499 g/mol. The molecule has 0 bridgehead atoms. The maximum atomic E-state index is 12.3. The van der Waals surface area contributed by atoms with Gasteiger partial charge in [-0.15, -0.1) is 0 Å². The molecule has 0 radical (unpaired) electrons. The van der Waals surface area contributed by atoms with Gasteiger partial charge in [0.2, 0.25) is 0 Å². The second-order valence-electron chi connectivity index (χ2n) is 4.66. The quantitative estimate of drug-likeness (QED) is 0.374. The summed E-state index contributed by atoms with van der Waals surface area (Å²) in [6, 6.07) is 12.2. The fourth-order valence-electron chi connectivity index (χ4n) is 1.90. The number of carbonyl (C=O) groups excluding carboxylic acids is 1. The molecular formula is C17H12BrIN2O3. The van der Waals surface area contributed by atoms with Crippen molar-refractivity contribution in [2.75, 3.05) is 12.4 Å². The van der Waals surface area contributed by atoms with Crippen LogP contribution in [-0.2, 0) is 4.79 Å². The molecule has 2 N–H and O–H groups in total. The van der Waals surface area contributed by atoms with Gasteiger partial charge < -0.3 is 15.2 Å². The lowest BCUT2D eigenvalue weighted by Gasteiger charge is -2.08. The van der Waals surface area contributed by atoms with E-state index in [4.69, 9.17) is 4.74 Å². The van der Waals surface area contributed by atoms with Crippen molar-refractivity contribution in [2.45, 2.75) is 0 Å². The van der Waals surface area contributed by atoms with Crippen LogP contribution in [0.15, 0.2) is 46.4 Å². The van der Waals surface area contributed by atoms with Gasteiger partial charge in [-0.1, -0.05) is 12.1 Å². The number of nitrogens with zero attached hydrogens (tertiary/aromatic N) is 1. The molecular weight excluding hydrogens is 487 g/mol. The fourth-order valence-corrected chi connectivity index (χ4v) is 2.91. The monoisotopic (exact) mass is 498 g/mol. The molecule has 0 aliphatic carbocycles. The minimum Gasteiger partial charge on any atom is -0.504 e.